The highest BCUT2D eigenvalue weighted by Crippen LogP contribution is 2.24. The molecule has 0 unspecified atom stereocenters. The topological polar surface area (TPSA) is 54.7 Å². The molecule has 29 heavy (non-hydrogen) atoms. The number of para-hydroxylation sites is 1. The monoisotopic (exact) mass is 404 g/mol. The zero-order chi connectivity index (χ0) is 20.4. The summed E-state index contributed by atoms with van der Waals surface area (Å²) >= 11 is 1.60. The molecule has 0 radical (unpaired) electrons. The summed E-state index contributed by atoms with van der Waals surface area (Å²) in [6.45, 7) is 6.22. The standard InChI is InChI=1S/C23H24N4OS/c1-15(2)25-23-27(22(14-29-23)17-9-11-18(28-4)12-10-17)24-13-20-16(3)26-21-8-6-5-7-19(20)21/h5-15,26H,1-4H3. The minimum Gasteiger partial charge on any atom is -0.497 e. The summed E-state index contributed by atoms with van der Waals surface area (Å²) in [4.78, 5) is 9.06. The van der Waals surface area contributed by atoms with Gasteiger partial charge in [0.25, 0.3) is 0 Å². The molecule has 2 heterocycles. The molecule has 148 valence electrons. The third kappa shape index (κ3) is 3.89. The molecule has 0 amide bonds. The van der Waals surface area contributed by atoms with E-state index in [-0.39, 0.29) is 6.04 Å². The fourth-order valence-electron chi connectivity index (χ4n) is 3.26. The van der Waals surface area contributed by atoms with Crippen LogP contribution in [0.25, 0.3) is 22.2 Å². The van der Waals surface area contributed by atoms with Crippen LogP contribution in [0.1, 0.15) is 25.1 Å². The fourth-order valence-corrected chi connectivity index (χ4v) is 4.23. The number of fused-ring (bicyclic) bond motifs is 1. The molecule has 4 aromatic rings. The highest BCUT2D eigenvalue weighted by molar-refractivity contribution is 7.07. The fraction of sp³-hybridized carbons (Fsp3) is 0.217. The van der Waals surface area contributed by atoms with Crippen molar-refractivity contribution in [2.45, 2.75) is 26.8 Å². The highest BCUT2D eigenvalue weighted by Gasteiger charge is 2.10. The van der Waals surface area contributed by atoms with E-state index < -0.39 is 0 Å². The van der Waals surface area contributed by atoms with Crippen LogP contribution in [0.5, 0.6) is 5.75 Å². The van der Waals surface area contributed by atoms with E-state index in [4.69, 9.17) is 14.8 Å². The largest absolute Gasteiger partial charge is 0.497 e. The van der Waals surface area contributed by atoms with Crippen LogP contribution in [0.2, 0.25) is 0 Å². The summed E-state index contributed by atoms with van der Waals surface area (Å²) in [7, 11) is 1.67. The molecular weight excluding hydrogens is 380 g/mol. The van der Waals surface area contributed by atoms with Gasteiger partial charge in [-0.2, -0.15) is 5.10 Å². The Bertz CT molecular complexity index is 1230. The average Bonchev–Trinajstić information content (AvgIpc) is 3.25. The van der Waals surface area contributed by atoms with E-state index in [0.717, 1.165) is 44.0 Å². The number of hydrogen-bond acceptors (Lipinski definition) is 4. The number of methoxy groups -OCH3 is 1. The quantitative estimate of drug-likeness (QED) is 0.456. The number of nitrogens with one attached hydrogen (secondary N) is 1. The van der Waals surface area contributed by atoms with Crippen molar-refractivity contribution in [3.63, 3.8) is 0 Å². The molecule has 0 bridgehead atoms. The van der Waals surface area contributed by atoms with Crippen LogP contribution >= 0.6 is 11.3 Å². The van der Waals surface area contributed by atoms with Gasteiger partial charge in [0.05, 0.1) is 19.0 Å². The Morgan fingerprint density at radius 3 is 2.59 bits per heavy atom. The van der Waals surface area contributed by atoms with E-state index in [2.05, 4.69) is 43.3 Å². The van der Waals surface area contributed by atoms with Crippen molar-refractivity contribution in [1.29, 1.82) is 0 Å². The van der Waals surface area contributed by atoms with E-state index in [9.17, 15) is 0 Å². The lowest BCUT2D eigenvalue weighted by Crippen LogP contribution is -2.14. The molecule has 0 saturated heterocycles. The third-order valence-electron chi connectivity index (χ3n) is 4.69. The lowest BCUT2D eigenvalue weighted by molar-refractivity contribution is 0.415. The van der Waals surface area contributed by atoms with E-state index in [1.165, 1.54) is 0 Å². The molecule has 5 nitrogen and oxygen atoms in total. The molecular formula is C23H24N4OS. The van der Waals surface area contributed by atoms with Gasteiger partial charge in [0.1, 0.15) is 5.75 Å². The Hall–Kier alpha value is -3.12. The van der Waals surface area contributed by atoms with Crippen LogP contribution in [0.15, 0.2) is 64.0 Å². The molecule has 6 heteroatoms. The summed E-state index contributed by atoms with van der Waals surface area (Å²) in [6, 6.07) is 16.5. The van der Waals surface area contributed by atoms with Crippen molar-refractivity contribution >= 4 is 28.5 Å². The van der Waals surface area contributed by atoms with Crippen molar-refractivity contribution in [3.8, 4) is 17.0 Å². The smallest absolute Gasteiger partial charge is 0.206 e. The second-order valence-electron chi connectivity index (χ2n) is 7.12. The number of benzene rings is 2. The maximum Gasteiger partial charge on any atom is 0.206 e. The molecule has 0 spiro atoms. The van der Waals surface area contributed by atoms with Crippen molar-refractivity contribution in [3.05, 3.63) is 70.0 Å². The van der Waals surface area contributed by atoms with Crippen LogP contribution in [-0.2, 0) is 0 Å². The summed E-state index contributed by atoms with van der Waals surface area (Å²) in [5, 5.41) is 8.11. The van der Waals surface area contributed by atoms with Gasteiger partial charge >= 0.3 is 0 Å². The summed E-state index contributed by atoms with van der Waals surface area (Å²) < 4.78 is 7.21. The first-order valence-electron chi connectivity index (χ1n) is 9.57. The minimum atomic E-state index is 0.189. The summed E-state index contributed by atoms with van der Waals surface area (Å²) in [6.07, 6.45) is 1.92. The van der Waals surface area contributed by atoms with Crippen LogP contribution < -0.4 is 9.54 Å². The summed E-state index contributed by atoms with van der Waals surface area (Å²) in [5.41, 5.74) is 5.38. The molecule has 0 aliphatic rings. The van der Waals surface area contributed by atoms with E-state index >= 15 is 0 Å². The number of aromatic nitrogens is 2. The zero-order valence-electron chi connectivity index (χ0n) is 17.0. The van der Waals surface area contributed by atoms with Crippen molar-refractivity contribution in [1.82, 2.24) is 9.66 Å². The molecule has 0 aliphatic heterocycles. The number of thiazole rings is 1. The highest BCUT2D eigenvalue weighted by atomic mass is 32.1. The van der Waals surface area contributed by atoms with Gasteiger partial charge < -0.3 is 9.72 Å². The maximum absolute atomic E-state index is 5.29. The normalized spacial score (nSPS) is 12.5. The molecule has 0 aliphatic carbocycles. The van der Waals surface area contributed by atoms with Crippen LogP contribution in [0.3, 0.4) is 0 Å². The zero-order valence-corrected chi connectivity index (χ0v) is 17.8. The third-order valence-corrected chi connectivity index (χ3v) is 5.52. The molecule has 0 atom stereocenters. The lowest BCUT2D eigenvalue weighted by Gasteiger charge is -2.05. The maximum atomic E-state index is 5.29. The molecule has 0 fully saturated rings. The van der Waals surface area contributed by atoms with Gasteiger partial charge in [-0.25, -0.2) is 4.68 Å². The number of aromatic amines is 1. The first-order chi connectivity index (χ1) is 14.1. The van der Waals surface area contributed by atoms with Gasteiger partial charge in [-0.3, -0.25) is 4.99 Å². The SMILES string of the molecule is COc1ccc(-c2csc(=NC(C)C)n2N=Cc2c(C)[nH]c3ccccc23)cc1. The van der Waals surface area contributed by atoms with Crippen LogP contribution in [-0.4, -0.2) is 29.0 Å². The number of ether oxygens (including phenoxy) is 1. The lowest BCUT2D eigenvalue weighted by atomic mass is 10.1. The van der Waals surface area contributed by atoms with Gasteiger partial charge in [-0.05, 0) is 51.1 Å². The van der Waals surface area contributed by atoms with Crippen molar-refractivity contribution < 1.29 is 4.74 Å². The predicted molar refractivity (Wildman–Crippen MR) is 121 cm³/mol. The van der Waals surface area contributed by atoms with E-state index in [0.29, 0.717) is 0 Å². The van der Waals surface area contributed by atoms with Crippen molar-refractivity contribution in [2.24, 2.45) is 10.1 Å². The Morgan fingerprint density at radius 2 is 1.86 bits per heavy atom. The molecule has 0 saturated carbocycles. The Kier molecular flexibility index (Phi) is 5.36. The van der Waals surface area contributed by atoms with Gasteiger partial charge in [0.15, 0.2) is 0 Å². The van der Waals surface area contributed by atoms with E-state index in [1.54, 1.807) is 18.4 Å². The first-order valence-corrected chi connectivity index (χ1v) is 10.4. The number of aryl methyl sites for hydroxylation is 1. The molecule has 2 aromatic heterocycles. The predicted octanol–water partition coefficient (Wildman–Crippen LogP) is 5.21. The van der Waals surface area contributed by atoms with Gasteiger partial charge in [-0.15, -0.1) is 11.3 Å². The molecule has 4 rings (SSSR count). The second-order valence-corrected chi connectivity index (χ2v) is 7.96. The Morgan fingerprint density at radius 1 is 1.10 bits per heavy atom. The average molecular weight is 405 g/mol. The number of H-pyrrole nitrogens is 1. The van der Waals surface area contributed by atoms with Crippen LogP contribution in [0.4, 0.5) is 0 Å². The van der Waals surface area contributed by atoms with Gasteiger partial charge in [-0.1, -0.05) is 18.2 Å². The Labute approximate surface area is 174 Å². The number of hydrogen-bond donors (Lipinski definition) is 1. The van der Waals surface area contributed by atoms with Crippen molar-refractivity contribution in [2.75, 3.05) is 7.11 Å². The number of rotatable bonds is 5. The Balaban J connectivity index is 1.83. The van der Waals surface area contributed by atoms with Gasteiger partial charge in [0, 0.05) is 39.1 Å². The molecule has 1 N–H and O–H groups in total. The number of nitrogens with zero attached hydrogens (tertiary/aromatic N) is 3. The molecule has 2 aromatic carbocycles. The van der Waals surface area contributed by atoms with Crippen LogP contribution in [0, 0.1) is 6.92 Å². The van der Waals surface area contributed by atoms with Gasteiger partial charge in [0.2, 0.25) is 4.80 Å². The summed E-state index contributed by atoms with van der Waals surface area (Å²) in [5.74, 6) is 0.834. The minimum absolute atomic E-state index is 0.189. The second kappa shape index (κ2) is 8.09. The van der Waals surface area contributed by atoms with E-state index in [1.807, 2.05) is 47.3 Å². The first kappa shape index (κ1) is 19.2.